The van der Waals surface area contributed by atoms with Gasteiger partial charge in [-0.05, 0) is 30.2 Å². The smallest absolute Gasteiger partial charge is 0.417 e. The fraction of sp³-hybridized carbons (Fsp3) is 0.188. The molecule has 2 rings (SSSR count). The molecule has 1 N–H and O–H groups in total. The lowest BCUT2D eigenvalue weighted by Crippen LogP contribution is -2.08. The molecule has 2 nitrogen and oxygen atoms in total. The number of hydrogen-bond acceptors (Lipinski definition) is 1. The molecule has 0 amide bonds. The van der Waals surface area contributed by atoms with Gasteiger partial charge in [-0.1, -0.05) is 46.6 Å². The number of carbonyl (C=O) groups is 1. The minimum atomic E-state index is -4.63. The van der Waals surface area contributed by atoms with Gasteiger partial charge in [-0.15, -0.1) is 0 Å². The maximum atomic E-state index is 13.1. The van der Waals surface area contributed by atoms with E-state index in [-0.39, 0.29) is 16.7 Å². The number of carboxylic acid groups (broad SMARTS) is 1. The normalized spacial score (nSPS) is 11.6. The van der Waals surface area contributed by atoms with Crippen LogP contribution in [0.2, 0.25) is 5.02 Å². The molecule has 0 aliphatic carbocycles. The molecule has 2 aromatic rings. The predicted octanol–water partition coefficient (Wildman–Crippen LogP) is 6.05. The number of rotatable bonds is 3. The molecule has 0 unspecified atom stereocenters. The third-order valence-corrected chi connectivity index (χ3v) is 4.46. The number of hydrogen-bond donors (Lipinski definition) is 1. The van der Waals surface area contributed by atoms with Crippen LogP contribution in [-0.4, -0.2) is 11.1 Å². The van der Waals surface area contributed by atoms with E-state index in [1.54, 1.807) is 19.1 Å². The molecule has 0 saturated heterocycles. The Morgan fingerprint density at radius 1 is 1.22 bits per heavy atom. The van der Waals surface area contributed by atoms with Crippen LogP contribution in [0.1, 0.15) is 28.4 Å². The fourth-order valence-corrected chi connectivity index (χ4v) is 3.38. The molecule has 122 valence electrons. The number of halogens is 5. The maximum absolute atomic E-state index is 13.1. The van der Waals surface area contributed by atoms with Crippen molar-refractivity contribution < 1.29 is 23.1 Å². The summed E-state index contributed by atoms with van der Waals surface area (Å²) in [6.45, 7) is 1.79. The monoisotopic (exact) mass is 406 g/mol. The summed E-state index contributed by atoms with van der Waals surface area (Å²) < 4.78 is 39.6. The number of aromatic carboxylic acids is 1. The van der Waals surface area contributed by atoms with Crippen LogP contribution in [0, 0.1) is 0 Å². The third kappa shape index (κ3) is 3.38. The molecule has 7 heteroatoms. The zero-order chi connectivity index (χ0) is 17.4. The fourth-order valence-electron chi connectivity index (χ4n) is 2.37. The van der Waals surface area contributed by atoms with Crippen molar-refractivity contribution in [2.45, 2.75) is 19.5 Å². The summed E-state index contributed by atoms with van der Waals surface area (Å²) in [6, 6.07) is 6.67. The van der Waals surface area contributed by atoms with Gasteiger partial charge in [0.05, 0.1) is 16.1 Å². The Bertz CT molecular complexity index is 773. The zero-order valence-corrected chi connectivity index (χ0v) is 14.2. The quantitative estimate of drug-likeness (QED) is 0.672. The van der Waals surface area contributed by atoms with E-state index in [2.05, 4.69) is 15.9 Å². The van der Waals surface area contributed by atoms with Crippen molar-refractivity contribution in [1.82, 2.24) is 0 Å². The number of carboxylic acids is 1. The van der Waals surface area contributed by atoms with E-state index < -0.39 is 22.7 Å². The lowest BCUT2D eigenvalue weighted by molar-refractivity contribution is -0.137. The van der Waals surface area contributed by atoms with Gasteiger partial charge in [-0.25, -0.2) is 4.79 Å². The van der Waals surface area contributed by atoms with E-state index in [9.17, 15) is 23.1 Å². The van der Waals surface area contributed by atoms with Crippen molar-refractivity contribution in [3.05, 3.63) is 56.5 Å². The van der Waals surface area contributed by atoms with Crippen molar-refractivity contribution >= 4 is 33.5 Å². The van der Waals surface area contributed by atoms with E-state index in [1.807, 2.05) is 0 Å². The zero-order valence-electron chi connectivity index (χ0n) is 11.8. The topological polar surface area (TPSA) is 37.3 Å². The van der Waals surface area contributed by atoms with Crippen LogP contribution >= 0.6 is 27.5 Å². The second-order valence-corrected chi connectivity index (χ2v) is 6.01. The highest BCUT2D eigenvalue weighted by Gasteiger charge is 2.35. The van der Waals surface area contributed by atoms with Gasteiger partial charge in [0.15, 0.2) is 0 Å². The highest BCUT2D eigenvalue weighted by molar-refractivity contribution is 9.10. The van der Waals surface area contributed by atoms with Gasteiger partial charge in [0.25, 0.3) is 0 Å². The Morgan fingerprint density at radius 2 is 1.87 bits per heavy atom. The average molecular weight is 408 g/mol. The number of alkyl halides is 3. The van der Waals surface area contributed by atoms with Gasteiger partial charge in [0, 0.05) is 15.6 Å². The molecule has 0 saturated carbocycles. The Labute approximate surface area is 144 Å². The Balaban J connectivity index is 2.90. The van der Waals surface area contributed by atoms with Gasteiger partial charge >= 0.3 is 12.1 Å². The van der Waals surface area contributed by atoms with E-state index >= 15 is 0 Å². The third-order valence-electron chi connectivity index (χ3n) is 3.41. The van der Waals surface area contributed by atoms with Crippen molar-refractivity contribution in [2.24, 2.45) is 0 Å². The van der Waals surface area contributed by atoms with Crippen LogP contribution in [0.15, 0.2) is 34.8 Å². The van der Waals surface area contributed by atoms with Crippen LogP contribution in [0.3, 0.4) is 0 Å². The molecule has 0 spiro atoms. The summed E-state index contributed by atoms with van der Waals surface area (Å²) in [5.41, 5.74) is -0.250. The SMILES string of the molecule is CCc1cccc(C(=O)O)c1-c1c(Br)ccc(C(F)(F)F)c1Cl. The second-order valence-electron chi connectivity index (χ2n) is 4.78. The number of aryl methyl sites for hydroxylation is 1. The van der Waals surface area contributed by atoms with Crippen molar-refractivity contribution in [3.8, 4) is 11.1 Å². The van der Waals surface area contributed by atoms with E-state index in [0.29, 0.717) is 16.5 Å². The average Bonchev–Trinajstić information content (AvgIpc) is 2.45. The molecule has 0 bridgehead atoms. The Morgan fingerprint density at radius 3 is 2.39 bits per heavy atom. The molecular weight excluding hydrogens is 397 g/mol. The Kier molecular flexibility index (Phi) is 5.06. The second kappa shape index (κ2) is 6.53. The number of benzene rings is 2. The van der Waals surface area contributed by atoms with Crippen LogP contribution < -0.4 is 0 Å². The molecule has 0 aliphatic rings. The standard InChI is InChI=1S/C16H11BrClF3O2/c1-2-8-4-3-5-9(15(22)23)12(8)13-11(17)7-6-10(14(13)18)16(19,20)21/h3-7H,2H2,1H3,(H,22,23). The first-order chi connectivity index (χ1) is 10.7. The first-order valence-electron chi connectivity index (χ1n) is 6.59. The highest BCUT2D eigenvalue weighted by Crippen LogP contribution is 2.45. The molecule has 0 atom stereocenters. The molecular formula is C16H11BrClF3O2. The first-order valence-corrected chi connectivity index (χ1v) is 7.76. The molecule has 0 heterocycles. The lowest BCUT2D eigenvalue weighted by atomic mass is 9.92. The van der Waals surface area contributed by atoms with Crippen molar-refractivity contribution in [3.63, 3.8) is 0 Å². The maximum Gasteiger partial charge on any atom is 0.417 e. The first kappa shape index (κ1) is 17.8. The van der Waals surface area contributed by atoms with Crippen LogP contribution in [-0.2, 0) is 12.6 Å². The summed E-state index contributed by atoms with van der Waals surface area (Å²) in [4.78, 5) is 11.5. The molecule has 2 aromatic carbocycles. The van der Waals surface area contributed by atoms with E-state index in [1.165, 1.54) is 12.1 Å². The molecule has 23 heavy (non-hydrogen) atoms. The summed E-state index contributed by atoms with van der Waals surface area (Å²) in [6.07, 6.45) is -4.17. The van der Waals surface area contributed by atoms with E-state index in [0.717, 1.165) is 6.07 Å². The molecule has 0 aromatic heterocycles. The van der Waals surface area contributed by atoms with Gasteiger partial charge in [0.1, 0.15) is 0 Å². The molecule has 0 aliphatic heterocycles. The van der Waals surface area contributed by atoms with Gasteiger partial charge in [0.2, 0.25) is 0 Å². The summed E-state index contributed by atoms with van der Waals surface area (Å²) in [7, 11) is 0. The predicted molar refractivity (Wildman–Crippen MR) is 85.9 cm³/mol. The van der Waals surface area contributed by atoms with Gasteiger partial charge in [-0.2, -0.15) is 13.2 Å². The lowest BCUT2D eigenvalue weighted by Gasteiger charge is -2.18. The van der Waals surface area contributed by atoms with Crippen LogP contribution in [0.5, 0.6) is 0 Å². The summed E-state index contributed by atoms with van der Waals surface area (Å²) in [5, 5.41) is 8.86. The summed E-state index contributed by atoms with van der Waals surface area (Å²) in [5.74, 6) is -1.23. The van der Waals surface area contributed by atoms with Crippen LogP contribution in [0.4, 0.5) is 13.2 Å². The summed E-state index contributed by atoms with van der Waals surface area (Å²) >= 11 is 9.18. The Hall–Kier alpha value is -1.53. The van der Waals surface area contributed by atoms with Gasteiger partial charge in [-0.3, -0.25) is 0 Å². The highest BCUT2D eigenvalue weighted by atomic mass is 79.9. The van der Waals surface area contributed by atoms with Crippen LogP contribution in [0.25, 0.3) is 11.1 Å². The van der Waals surface area contributed by atoms with Gasteiger partial charge < -0.3 is 5.11 Å². The minimum Gasteiger partial charge on any atom is -0.478 e. The van der Waals surface area contributed by atoms with Crippen molar-refractivity contribution in [1.29, 1.82) is 0 Å². The molecule has 0 fully saturated rings. The minimum absolute atomic E-state index is 0.0383. The largest absolute Gasteiger partial charge is 0.478 e. The van der Waals surface area contributed by atoms with Crippen molar-refractivity contribution in [2.75, 3.05) is 0 Å². The molecule has 0 radical (unpaired) electrons. The van der Waals surface area contributed by atoms with E-state index in [4.69, 9.17) is 11.6 Å².